The van der Waals surface area contributed by atoms with Crippen LogP contribution in [0, 0.1) is 0 Å². The van der Waals surface area contributed by atoms with Crippen LogP contribution >= 0.6 is 17.9 Å². The van der Waals surface area contributed by atoms with Gasteiger partial charge in [0.15, 0.2) is 0 Å². The maximum atomic E-state index is 5.78. The van der Waals surface area contributed by atoms with E-state index >= 15 is 0 Å². The van der Waals surface area contributed by atoms with E-state index in [1.54, 1.807) is 0 Å². The Morgan fingerprint density at radius 3 is 2.07 bits per heavy atom. The fraction of sp³-hybridized carbons (Fsp3) is 1.00. The molecule has 0 spiro atoms. The van der Waals surface area contributed by atoms with Gasteiger partial charge in [0.05, 0.1) is 0 Å². The predicted octanol–water partition coefficient (Wildman–Crippen LogP) is 3.69. The Bertz CT molecular complexity index is 136. The summed E-state index contributed by atoms with van der Waals surface area (Å²) in [5, 5.41) is 0. The summed E-state index contributed by atoms with van der Waals surface area (Å²) in [5.74, 6) is 2.61. The third kappa shape index (κ3) is 7.71. The van der Waals surface area contributed by atoms with Crippen molar-refractivity contribution in [2.75, 3.05) is 11.5 Å². The summed E-state index contributed by atoms with van der Waals surface area (Å²) < 4.78 is 1.49. The number of hydrogen-bond acceptors (Lipinski definition) is 3. The molecule has 86 valence electrons. The first-order valence-corrected chi connectivity index (χ1v) is 19.4. The molecule has 0 rings (SSSR count). The monoisotopic (exact) mass is 343 g/mol. The molecule has 1 unspecified atom stereocenters. The minimum absolute atomic E-state index is 0.392. The van der Waals surface area contributed by atoms with Crippen LogP contribution < -0.4 is 5.73 Å². The summed E-state index contributed by atoms with van der Waals surface area (Å²) >= 11 is -1.78. The number of hydrogen-bond donors (Lipinski definition) is 1. The van der Waals surface area contributed by atoms with Crippen molar-refractivity contribution in [3.63, 3.8) is 0 Å². The minimum atomic E-state index is -1.78. The van der Waals surface area contributed by atoms with E-state index in [1.807, 2.05) is 0 Å². The molecule has 0 amide bonds. The molecule has 0 aliphatic carbocycles. The normalized spacial score (nSPS) is 14.4. The van der Waals surface area contributed by atoms with Crippen molar-refractivity contribution in [3.8, 4) is 0 Å². The summed E-state index contributed by atoms with van der Waals surface area (Å²) in [5.41, 5.74) is 5.78. The fourth-order valence-electron chi connectivity index (χ4n) is 1.54. The Labute approximate surface area is 99.1 Å². The van der Waals surface area contributed by atoms with Crippen LogP contribution in [0.5, 0.6) is 0 Å². The van der Waals surface area contributed by atoms with Crippen molar-refractivity contribution in [1.82, 2.24) is 0 Å². The fourth-order valence-corrected chi connectivity index (χ4v) is 27.6. The molecule has 0 bridgehead atoms. The van der Waals surface area contributed by atoms with E-state index in [4.69, 9.17) is 5.73 Å². The summed E-state index contributed by atoms with van der Waals surface area (Å²) in [6, 6.07) is 0.392. The van der Waals surface area contributed by atoms with Crippen molar-refractivity contribution in [2.45, 2.75) is 49.0 Å². The predicted molar refractivity (Wildman–Crippen MR) is 75.6 cm³/mol. The molecule has 0 aromatic heterocycles. The van der Waals surface area contributed by atoms with E-state index in [-0.39, 0.29) is 0 Å². The maximum absolute atomic E-state index is 5.78. The molecule has 0 heterocycles. The molecule has 2 N–H and O–H groups in total. The zero-order chi connectivity index (χ0) is 11.0. The average Bonchev–Trinajstić information content (AvgIpc) is 2.03. The topological polar surface area (TPSA) is 26.0 Å². The Morgan fingerprint density at radius 2 is 1.71 bits per heavy atom. The molecule has 0 saturated heterocycles. The van der Waals surface area contributed by atoms with E-state index in [0.717, 1.165) is 0 Å². The Morgan fingerprint density at radius 1 is 1.21 bits per heavy atom. The van der Waals surface area contributed by atoms with Crippen molar-refractivity contribution < 1.29 is 0 Å². The number of nitrogens with two attached hydrogens (primary N) is 1. The van der Waals surface area contributed by atoms with Gasteiger partial charge in [-0.2, -0.15) is 0 Å². The molecule has 14 heavy (non-hydrogen) atoms. The van der Waals surface area contributed by atoms with Crippen LogP contribution in [-0.4, -0.2) is 33.2 Å². The SMILES string of the molecule is CC[S][Sn]([CH3])([CH2]CCC(C)N)[S]CC. The standard InChI is InChI=1S/C5H12N.2C2H6S.CH3.Sn/c1-3-4-5(2)6;2*1-2-3;;/h5H,1,3-4,6H2,2H3;2*3H,2H2,1H3;1H3;/q;;;;+2/p-2. The van der Waals surface area contributed by atoms with Crippen LogP contribution in [0.3, 0.4) is 0 Å². The van der Waals surface area contributed by atoms with Gasteiger partial charge in [-0.15, -0.1) is 0 Å². The Hall–Kier alpha value is 1.46. The van der Waals surface area contributed by atoms with Crippen molar-refractivity contribution >= 4 is 33.5 Å². The van der Waals surface area contributed by atoms with E-state index < -0.39 is 15.6 Å². The summed E-state index contributed by atoms with van der Waals surface area (Å²) in [7, 11) is 4.57. The first-order valence-electron chi connectivity index (χ1n) is 5.57. The Kier molecular flexibility index (Phi) is 9.49. The number of rotatable bonds is 8. The summed E-state index contributed by atoms with van der Waals surface area (Å²) in [6.45, 7) is 6.70. The third-order valence-corrected chi connectivity index (χ3v) is 30.5. The van der Waals surface area contributed by atoms with Crippen LogP contribution in [0.2, 0.25) is 9.38 Å². The van der Waals surface area contributed by atoms with Gasteiger partial charge in [0.2, 0.25) is 0 Å². The van der Waals surface area contributed by atoms with E-state index in [2.05, 4.69) is 43.6 Å². The second-order valence-corrected chi connectivity index (χ2v) is 32.3. The van der Waals surface area contributed by atoms with Gasteiger partial charge in [-0.05, 0) is 0 Å². The van der Waals surface area contributed by atoms with Gasteiger partial charge in [-0.25, -0.2) is 0 Å². The van der Waals surface area contributed by atoms with Crippen LogP contribution in [-0.2, 0) is 0 Å². The first-order chi connectivity index (χ1) is 6.54. The summed E-state index contributed by atoms with van der Waals surface area (Å²) in [6.07, 6.45) is 2.56. The summed E-state index contributed by atoms with van der Waals surface area (Å²) in [4.78, 5) is 2.58. The molecule has 0 aromatic rings. The molecule has 0 aromatic carbocycles. The quantitative estimate of drug-likeness (QED) is 0.682. The Balaban J connectivity index is 3.83. The molecule has 0 fully saturated rings. The first kappa shape index (κ1) is 15.5. The van der Waals surface area contributed by atoms with Gasteiger partial charge in [0, 0.05) is 0 Å². The van der Waals surface area contributed by atoms with E-state index in [0.29, 0.717) is 6.04 Å². The molecular formula is C10H25NS2Sn. The molecule has 0 aliphatic rings. The van der Waals surface area contributed by atoms with Crippen LogP contribution in [0.4, 0.5) is 0 Å². The van der Waals surface area contributed by atoms with Gasteiger partial charge in [0.1, 0.15) is 0 Å². The van der Waals surface area contributed by atoms with Crippen LogP contribution in [0.1, 0.15) is 33.6 Å². The van der Waals surface area contributed by atoms with Gasteiger partial charge in [-0.1, -0.05) is 0 Å². The third-order valence-electron chi connectivity index (χ3n) is 2.19. The average molecular weight is 342 g/mol. The molecule has 4 heteroatoms. The molecule has 0 aliphatic heterocycles. The van der Waals surface area contributed by atoms with Crippen LogP contribution in [0.25, 0.3) is 0 Å². The van der Waals surface area contributed by atoms with Crippen LogP contribution in [0.15, 0.2) is 0 Å². The zero-order valence-corrected chi connectivity index (χ0v) is 14.5. The van der Waals surface area contributed by atoms with Crippen molar-refractivity contribution in [3.05, 3.63) is 0 Å². The van der Waals surface area contributed by atoms with Crippen molar-refractivity contribution in [1.29, 1.82) is 0 Å². The van der Waals surface area contributed by atoms with E-state index in [9.17, 15) is 0 Å². The van der Waals surface area contributed by atoms with Gasteiger partial charge < -0.3 is 0 Å². The second-order valence-electron chi connectivity index (χ2n) is 3.87. The van der Waals surface area contributed by atoms with Gasteiger partial charge in [0.25, 0.3) is 0 Å². The molecule has 1 nitrogen and oxygen atoms in total. The zero-order valence-electron chi connectivity index (χ0n) is 10.0. The van der Waals surface area contributed by atoms with Crippen molar-refractivity contribution in [2.24, 2.45) is 5.73 Å². The van der Waals surface area contributed by atoms with E-state index in [1.165, 1.54) is 28.8 Å². The molecule has 1 atom stereocenters. The molecular weight excluding hydrogens is 317 g/mol. The molecule has 0 saturated carbocycles. The molecule has 0 radical (unpaired) electrons. The second kappa shape index (κ2) is 8.59. The van der Waals surface area contributed by atoms with Gasteiger partial charge in [-0.3, -0.25) is 0 Å². The van der Waals surface area contributed by atoms with Gasteiger partial charge >= 0.3 is 99.8 Å².